The Morgan fingerprint density at radius 1 is 1.15 bits per heavy atom. The summed E-state index contributed by atoms with van der Waals surface area (Å²) in [4.78, 5) is 36.5. The van der Waals surface area contributed by atoms with Crippen molar-refractivity contribution < 1.29 is 29.3 Å². The van der Waals surface area contributed by atoms with Crippen molar-refractivity contribution in [1.82, 2.24) is 4.90 Å². The second-order valence-electron chi connectivity index (χ2n) is 6.20. The number of ketones is 1. The molecule has 1 amide bonds. The lowest BCUT2D eigenvalue weighted by atomic mass is 9.96. The van der Waals surface area contributed by atoms with Gasteiger partial charge in [-0.15, -0.1) is 0 Å². The first kappa shape index (κ1) is 19.5. The fourth-order valence-corrected chi connectivity index (χ4v) is 3.11. The van der Waals surface area contributed by atoms with Crippen LogP contribution in [-0.4, -0.2) is 46.4 Å². The number of nitrogens with zero attached hydrogens (tertiary/aromatic N) is 1. The predicted molar refractivity (Wildman–Crippen MR) is 93.9 cm³/mol. The molecule has 1 heterocycles. The Kier molecular flexibility index (Phi) is 6.38. The van der Waals surface area contributed by atoms with Crippen LogP contribution in [0.1, 0.15) is 44.2 Å². The van der Waals surface area contributed by atoms with E-state index in [0.717, 1.165) is 0 Å². The highest BCUT2D eigenvalue weighted by atomic mass is 16.5. The van der Waals surface area contributed by atoms with Crippen molar-refractivity contribution in [2.45, 2.75) is 38.6 Å². The minimum Gasteiger partial charge on any atom is -0.503 e. The monoisotopic (exact) mass is 361 g/mol. The number of unbranched alkanes of at least 4 members (excludes halogenated alkanes) is 2. The van der Waals surface area contributed by atoms with Crippen LogP contribution in [0.2, 0.25) is 0 Å². The van der Waals surface area contributed by atoms with Gasteiger partial charge in [0.2, 0.25) is 0 Å². The number of aliphatic carboxylic acids is 1. The summed E-state index contributed by atoms with van der Waals surface area (Å²) in [6.45, 7) is 1.65. The third-order valence-corrected chi connectivity index (χ3v) is 4.40. The minimum absolute atomic E-state index is 0.0814. The number of benzene rings is 1. The Bertz CT molecular complexity index is 722. The van der Waals surface area contributed by atoms with Crippen molar-refractivity contribution in [3.63, 3.8) is 0 Å². The Morgan fingerprint density at radius 2 is 1.81 bits per heavy atom. The highest BCUT2D eigenvalue weighted by Crippen LogP contribution is 2.38. The van der Waals surface area contributed by atoms with E-state index in [1.807, 2.05) is 0 Å². The molecule has 1 aromatic rings. The molecule has 0 saturated heterocycles. The first-order chi connectivity index (χ1) is 12.4. The molecule has 2 N–H and O–H groups in total. The van der Waals surface area contributed by atoms with Crippen LogP contribution in [0.25, 0.3) is 0 Å². The van der Waals surface area contributed by atoms with Crippen molar-refractivity contribution in [2.75, 3.05) is 13.7 Å². The SMILES string of the molecule is COc1ccc(C2C(C(C)=O)=C(O)C(=O)N2CCCCCC(=O)O)cc1. The van der Waals surface area contributed by atoms with E-state index < -0.39 is 23.7 Å². The molecule has 140 valence electrons. The lowest BCUT2D eigenvalue weighted by Crippen LogP contribution is -2.32. The standard InChI is InChI=1S/C19H23NO6/c1-12(21)16-17(13-7-9-14(26-2)10-8-13)20(19(25)18(16)24)11-5-3-4-6-15(22)23/h7-10,17,24H,3-6,11H2,1-2H3,(H,22,23). The van der Waals surface area contributed by atoms with Gasteiger partial charge in [0.05, 0.1) is 18.7 Å². The van der Waals surface area contributed by atoms with Gasteiger partial charge in [0.15, 0.2) is 11.5 Å². The van der Waals surface area contributed by atoms with E-state index >= 15 is 0 Å². The summed E-state index contributed by atoms with van der Waals surface area (Å²) in [5.41, 5.74) is 0.796. The summed E-state index contributed by atoms with van der Waals surface area (Å²) in [7, 11) is 1.55. The van der Waals surface area contributed by atoms with Crippen LogP contribution in [0.4, 0.5) is 0 Å². The molecule has 1 aliphatic heterocycles. The molecule has 1 unspecified atom stereocenters. The second kappa shape index (κ2) is 8.51. The first-order valence-corrected chi connectivity index (χ1v) is 8.47. The van der Waals surface area contributed by atoms with E-state index in [-0.39, 0.29) is 17.8 Å². The van der Waals surface area contributed by atoms with Gasteiger partial charge in [-0.05, 0) is 37.5 Å². The Balaban J connectivity index is 2.20. The molecule has 7 nitrogen and oxygen atoms in total. The quantitative estimate of drug-likeness (QED) is 0.655. The van der Waals surface area contributed by atoms with Crippen LogP contribution in [-0.2, 0) is 14.4 Å². The van der Waals surface area contributed by atoms with Crippen LogP contribution < -0.4 is 4.74 Å². The number of rotatable bonds is 9. The van der Waals surface area contributed by atoms with E-state index in [2.05, 4.69) is 0 Å². The first-order valence-electron chi connectivity index (χ1n) is 8.47. The van der Waals surface area contributed by atoms with Crippen molar-refractivity contribution >= 4 is 17.7 Å². The number of aliphatic hydroxyl groups excluding tert-OH is 1. The van der Waals surface area contributed by atoms with E-state index in [4.69, 9.17) is 9.84 Å². The molecule has 2 rings (SSSR count). The van der Waals surface area contributed by atoms with E-state index in [1.54, 1.807) is 31.4 Å². The van der Waals surface area contributed by atoms with Crippen molar-refractivity contribution in [1.29, 1.82) is 0 Å². The Labute approximate surface area is 151 Å². The summed E-state index contributed by atoms with van der Waals surface area (Å²) < 4.78 is 5.13. The number of ether oxygens (including phenoxy) is 1. The Hall–Kier alpha value is -2.83. The number of Topliss-reactive ketones (excluding diaryl/α,β-unsaturated/α-hetero) is 1. The lowest BCUT2D eigenvalue weighted by molar-refractivity contribution is -0.137. The smallest absolute Gasteiger partial charge is 0.303 e. The number of amides is 1. The lowest BCUT2D eigenvalue weighted by Gasteiger charge is -2.26. The average Bonchev–Trinajstić information content (AvgIpc) is 2.86. The van der Waals surface area contributed by atoms with E-state index in [0.29, 0.717) is 37.1 Å². The van der Waals surface area contributed by atoms with Crippen LogP contribution in [0.5, 0.6) is 5.75 Å². The van der Waals surface area contributed by atoms with Crippen molar-refractivity contribution in [2.24, 2.45) is 0 Å². The number of aliphatic hydroxyl groups is 1. The second-order valence-corrected chi connectivity index (χ2v) is 6.20. The molecule has 1 aliphatic rings. The van der Waals surface area contributed by atoms with Gasteiger partial charge in [0.1, 0.15) is 5.75 Å². The number of carboxylic acid groups (broad SMARTS) is 1. The van der Waals surface area contributed by atoms with Crippen molar-refractivity contribution in [3.05, 3.63) is 41.2 Å². The average molecular weight is 361 g/mol. The molecule has 0 saturated carbocycles. The molecule has 0 aromatic heterocycles. The molecular formula is C19H23NO6. The third-order valence-electron chi connectivity index (χ3n) is 4.40. The third kappa shape index (κ3) is 4.22. The number of methoxy groups -OCH3 is 1. The van der Waals surface area contributed by atoms with Gasteiger partial charge in [-0.2, -0.15) is 0 Å². The number of carbonyl (C=O) groups is 3. The fourth-order valence-electron chi connectivity index (χ4n) is 3.11. The fraction of sp³-hybridized carbons (Fsp3) is 0.421. The molecule has 0 spiro atoms. The summed E-state index contributed by atoms with van der Waals surface area (Å²) in [5.74, 6) is -1.64. The molecular weight excluding hydrogens is 338 g/mol. The van der Waals surface area contributed by atoms with Gasteiger partial charge in [-0.25, -0.2) is 0 Å². The van der Waals surface area contributed by atoms with Gasteiger partial charge in [0, 0.05) is 13.0 Å². The summed E-state index contributed by atoms with van der Waals surface area (Å²) in [5, 5.41) is 18.8. The number of hydrogen-bond acceptors (Lipinski definition) is 5. The van der Waals surface area contributed by atoms with Gasteiger partial charge >= 0.3 is 5.97 Å². The zero-order valence-corrected chi connectivity index (χ0v) is 14.9. The summed E-state index contributed by atoms with van der Waals surface area (Å²) in [6.07, 6.45) is 1.83. The van der Waals surface area contributed by atoms with Gasteiger partial charge in [-0.1, -0.05) is 18.6 Å². The maximum absolute atomic E-state index is 12.4. The predicted octanol–water partition coefficient (Wildman–Crippen LogP) is 2.62. The summed E-state index contributed by atoms with van der Waals surface area (Å²) >= 11 is 0. The molecule has 0 bridgehead atoms. The molecule has 1 aromatic carbocycles. The largest absolute Gasteiger partial charge is 0.503 e. The molecule has 0 aliphatic carbocycles. The van der Waals surface area contributed by atoms with Gasteiger partial charge < -0.3 is 19.8 Å². The van der Waals surface area contributed by atoms with Gasteiger partial charge in [-0.3, -0.25) is 14.4 Å². The topological polar surface area (TPSA) is 104 Å². The van der Waals surface area contributed by atoms with Crippen LogP contribution >= 0.6 is 0 Å². The minimum atomic E-state index is -0.850. The van der Waals surface area contributed by atoms with E-state index in [1.165, 1.54) is 11.8 Å². The molecule has 26 heavy (non-hydrogen) atoms. The number of hydrogen-bond donors (Lipinski definition) is 2. The van der Waals surface area contributed by atoms with Crippen LogP contribution in [0, 0.1) is 0 Å². The molecule has 7 heteroatoms. The zero-order valence-electron chi connectivity index (χ0n) is 14.9. The van der Waals surface area contributed by atoms with Crippen LogP contribution in [0.3, 0.4) is 0 Å². The normalized spacial score (nSPS) is 16.9. The number of carbonyl (C=O) groups excluding carboxylic acids is 2. The van der Waals surface area contributed by atoms with E-state index in [9.17, 15) is 19.5 Å². The highest BCUT2D eigenvalue weighted by molar-refractivity contribution is 6.08. The maximum atomic E-state index is 12.4. The highest BCUT2D eigenvalue weighted by Gasteiger charge is 2.41. The molecule has 0 radical (unpaired) electrons. The molecule has 1 atom stereocenters. The Morgan fingerprint density at radius 3 is 2.35 bits per heavy atom. The van der Waals surface area contributed by atoms with Crippen molar-refractivity contribution in [3.8, 4) is 5.75 Å². The van der Waals surface area contributed by atoms with Crippen LogP contribution in [0.15, 0.2) is 35.6 Å². The molecule has 0 fully saturated rings. The van der Waals surface area contributed by atoms with Gasteiger partial charge in [0.25, 0.3) is 5.91 Å². The number of carboxylic acids is 1. The maximum Gasteiger partial charge on any atom is 0.303 e. The summed E-state index contributed by atoms with van der Waals surface area (Å²) in [6, 6.07) is 6.34. The zero-order chi connectivity index (χ0) is 19.3.